The molecule has 0 aliphatic carbocycles. The molecule has 0 aliphatic rings. The molecule has 8 nitrogen and oxygen atoms in total. The summed E-state index contributed by atoms with van der Waals surface area (Å²) in [5.41, 5.74) is 0. The zero-order chi connectivity index (χ0) is 39.3. The number of ether oxygens (including phenoxy) is 3. The minimum atomic E-state index is -1.13. The Balaban J connectivity index is 4.34. The van der Waals surface area contributed by atoms with E-state index in [9.17, 15) is 19.5 Å². The number of carbonyl (C=O) groups is 3. The second-order valence-electron chi connectivity index (χ2n) is 15.9. The monoisotopic (exact) mass is 750 g/mol. The van der Waals surface area contributed by atoms with Crippen molar-refractivity contribution < 1.29 is 38.2 Å². The third-order valence-electron chi connectivity index (χ3n) is 9.81. The van der Waals surface area contributed by atoms with Crippen molar-refractivity contribution in [2.75, 3.05) is 41.0 Å². The number of unbranched alkanes of at least 4 members (excludes halogenated alkanes) is 21. The van der Waals surface area contributed by atoms with Crippen molar-refractivity contribution in [2.24, 2.45) is 0 Å². The van der Waals surface area contributed by atoms with Gasteiger partial charge in [-0.1, -0.05) is 134 Å². The number of aliphatic carboxylic acids is 1. The van der Waals surface area contributed by atoms with Crippen LogP contribution in [0.2, 0.25) is 0 Å². The van der Waals surface area contributed by atoms with E-state index in [1.54, 1.807) is 21.1 Å². The zero-order valence-corrected chi connectivity index (χ0v) is 35.2. The average molecular weight is 750 g/mol. The summed E-state index contributed by atoms with van der Waals surface area (Å²) in [7, 11) is 5.40. The van der Waals surface area contributed by atoms with E-state index in [1.807, 2.05) is 0 Å². The summed E-state index contributed by atoms with van der Waals surface area (Å²) in [4.78, 5) is 36.8. The fourth-order valence-corrected chi connectivity index (χ4v) is 6.35. The average Bonchev–Trinajstić information content (AvgIpc) is 3.11. The van der Waals surface area contributed by atoms with Gasteiger partial charge >= 0.3 is 11.9 Å². The van der Waals surface area contributed by atoms with Crippen LogP contribution in [0.5, 0.6) is 0 Å². The van der Waals surface area contributed by atoms with Gasteiger partial charge in [0.05, 0.1) is 40.3 Å². The number of carboxylic acid groups (broad SMARTS) is 1. The molecule has 0 heterocycles. The van der Waals surface area contributed by atoms with E-state index in [1.165, 1.54) is 109 Å². The van der Waals surface area contributed by atoms with Gasteiger partial charge < -0.3 is 28.6 Å². The molecule has 2 atom stereocenters. The predicted octanol–water partition coefficient (Wildman–Crippen LogP) is 10.4. The van der Waals surface area contributed by atoms with Crippen molar-refractivity contribution in [3.63, 3.8) is 0 Å². The molecule has 0 aromatic rings. The van der Waals surface area contributed by atoms with Crippen molar-refractivity contribution >= 4 is 17.9 Å². The van der Waals surface area contributed by atoms with Gasteiger partial charge in [-0.3, -0.25) is 9.59 Å². The predicted molar refractivity (Wildman–Crippen MR) is 217 cm³/mol. The number of hydrogen-bond acceptors (Lipinski definition) is 7. The molecule has 0 aromatic heterocycles. The molecule has 0 fully saturated rings. The summed E-state index contributed by atoms with van der Waals surface area (Å²) in [5.74, 6) is -1.75. The topological polar surface area (TPSA) is 102 Å². The van der Waals surface area contributed by atoms with Gasteiger partial charge in [-0.05, 0) is 64.2 Å². The van der Waals surface area contributed by atoms with E-state index in [0.717, 1.165) is 51.4 Å². The van der Waals surface area contributed by atoms with Gasteiger partial charge in [-0.2, -0.15) is 0 Å². The Hall–Kier alpha value is -2.19. The van der Waals surface area contributed by atoms with Crippen molar-refractivity contribution in [2.45, 2.75) is 206 Å². The standard InChI is InChI=1S/C45H83NO7/c1-6-8-10-12-14-16-18-20-21-22-23-24-26-28-30-32-34-36-44(48)53-41(39-51-38-37-42(45(49)50)46(3,4)5)40-52-43(47)35-33-31-29-27-25-19-17-15-13-11-9-7-2/h15,17,20-21,41-42H,6-14,16,18-19,22-40H2,1-5H3/b17-15+,21-20+. The van der Waals surface area contributed by atoms with Gasteiger partial charge in [0, 0.05) is 19.3 Å². The molecule has 0 saturated heterocycles. The maximum Gasteiger partial charge on any atom is 0.306 e. The van der Waals surface area contributed by atoms with Gasteiger partial charge in [0.1, 0.15) is 12.6 Å². The second-order valence-corrected chi connectivity index (χ2v) is 15.9. The first-order valence-corrected chi connectivity index (χ1v) is 21.9. The lowest BCUT2D eigenvalue weighted by atomic mass is 10.1. The third-order valence-corrected chi connectivity index (χ3v) is 9.81. The van der Waals surface area contributed by atoms with E-state index < -0.39 is 18.1 Å². The van der Waals surface area contributed by atoms with Crippen LogP contribution in [0.4, 0.5) is 0 Å². The number of carbonyl (C=O) groups excluding carboxylic acids is 3. The first-order valence-electron chi connectivity index (χ1n) is 21.9. The smallest absolute Gasteiger partial charge is 0.306 e. The van der Waals surface area contributed by atoms with Crippen LogP contribution >= 0.6 is 0 Å². The van der Waals surface area contributed by atoms with Crippen LogP contribution in [-0.4, -0.2) is 75.5 Å². The summed E-state index contributed by atoms with van der Waals surface area (Å²) in [5, 5.41) is 11.6. The van der Waals surface area contributed by atoms with Crippen LogP contribution in [0.25, 0.3) is 0 Å². The summed E-state index contributed by atoms with van der Waals surface area (Å²) < 4.78 is 17.1. The molecule has 0 bridgehead atoms. The molecule has 53 heavy (non-hydrogen) atoms. The maximum absolute atomic E-state index is 12.7. The molecular weight excluding hydrogens is 666 g/mol. The normalized spacial score (nSPS) is 13.2. The van der Waals surface area contributed by atoms with Crippen molar-refractivity contribution in [1.82, 2.24) is 0 Å². The first-order chi connectivity index (χ1) is 25.6. The molecule has 0 radical (unpaired) electrons. The van der Waals surface area contributed by atoms with Crippen LogP contribution in [0.1, 0.15) is 194 Å². The van der Waals surface area contributed by atoms with Gasteiger partial charge in [0.15, 0.2) is 6.10 Å². The second kappa shape index (κ2) is 36.8. The van der Waals surface area contributed by atoms with Gasteiger partial charge in [-0.25, -0.2) is 0 Å². The number of hydrogen-bond donors (Lipinski definition) is 0. The van der Waals surface area contributed by atoms with E-state index in [2.05, 4.69) is 38.2 Å². The van der Waals surface area contributed by atoms with E-state index in [4.69, 9.17) is 14.2 Å². The Morgan fingerprint density at radius 1 is 0.547 bits per heavy atom. The van der Waals surface area contributed by atoms with Gasteiger partial charge in [-0.15, -0.1) is 0 Å². The fraction of sp³-hybridized carbons (Fsp3) is 0.844. The molecule has 2 unspecified atom stereocenters. The Bertz CT molecular complexity index is 926. The minimum Gasteiger partial charge on any atom is -0.544 e. The molecule has 0 N–H and O–H groups in total. The summed E-state index contributed by atoms with van der Waals surface area (Å²) >= 11 is 0. The van der Waals surface area contributed by atoms with Crippen molar-refractivity contribution in [3.8, 4) is 0 Å². The number of carboxylic acids is 1. The highest BCUT2D eigenvalue weighted by atomic mass is 16.6. The maximum atomic E-state index is 12.7. The molecule has 0 amide bonds. The summed E-state index contributed by atoms with van der Waals surface area (Å²) in [6.07, 6.45) is 39.1. The van der Waals surface area contributed by atoms with E-state index in [-0.39, 0.29) is 42.7 Å². The Morgan fingerprint density at radius 2 is 0.943 bits per heavy atom. The first kappa shape index (κ1) is 50.8. The lowest BCUT2D eigenvalue weighted by Crippen LogP contribution is -2.55. The minimum absolute atomic E-state index is 0.0389. The van der Waals surface area contributed by atoms with Crippen LogP contribution < -0.4 is 5.11 Å². The van der Waals surface area contributed by atoms with Crippen molar-refractivity contribution in [3.05, 3.63) is 24.3 Å². The number of rotatable bonds is 39. The highest BCUT2D eigenvalue weighted by molar-refractivity contribution is 5.70. The van der Waals surface area contributed by atoms with Gasteiger partial charge in [0.2, 0.25) is 0 Å². The Kier molecular flexibility index (Phi) is 35.2. The van der Waals surface area contributed by atoms with Crippen LogP contribution in [-0.2, 0) is 28.6 Å². The number of quaternary nitrogens is 1. The summed E-state index contributed by atoms with van der Waals surface area (Å²) in [6.45, 7) is 4.63. The third kappa shape index (κ3) is 35.3. The highest BCUT2D eigenvalue weighted by Gasteiger charge is 2.25. The van der Waals surface area contributed by atoms with Gasteiger partial charge in [0.25, 0.3) is 0 Å². The van der Waals surface area contributed by atoms with E-state index >= 15 is 0 Å². The van der Waals surface area contributed by atoms with E-state index in [0.29, 0.717) is 12.8 Å². The summed E-state index contributed by atoms with van der Waals surface area (Å²) in [6, 6.07) is -0.725. The molecule has 0 aromatic carbocycles. The Labute approximate surface area is 326 Å². The van der Waals surface area contributed by atoms with Crippen molar-refractivity contribution in [1.29, 1.82) is 0 Å². The SMILES string of the molecule is CCCCC/C=C/CCCCCCCC(=O)OCC(COCCC(C(=O)[O-])[N+](C)(C)C)OC(=O)CCCCCCCCC/C=C/CCCCCCCC. The number of likely N-dealkylation sites (N-methyl/N-ethyl adjacent to an activating group) is 1. The van der Waals surface area contributed by atoms with Crippen LogP contribution in [0, 0.1) is 0 Å². The molecule has 0 spiro atoms. The largest absolute Gasteiger partial charge is 0.544 e. The quantitative estimate of drug-likeness (QED) is 0.0267. The van der Waals surface area contributed by atoms with Crippen LogP contribution in [0.15, 0.2) is 24.3 Å². The lowest BCUT2D eigenvalue weighted by Gasteiger charge is -2.34. The molecule has 8 heteroatoms. The fourth-order valence-electron chi connectivity index (χ4n) is 6.35. The number of esters is 2. The van der Waals surface area contributed by atoms with Crippen LogP contribution in [0.3, 0.4) is 0 Å². The number of allylic oxidation sites excluding steroid dienone is 4. The molecular formula is C45H83NO7. The Morgan fingerprint density at radius 3 is 1.40 bits per heavy atom. The molecule has 310 valence electrons. The molecule has 0 saturated carbocycles. The lowest BCUT2D eigenvalue weighted by molar-refractivity contribution is -0.889. The number of nitrogens with zero attached hydrogens (tertiary/aromatic N) is 1. The highest BCUT2D eigenvalue weighted by Crippen LogP contribution is 2.14. The molecule has 0 aliphatic heterocycles. The molecule has 0 rings (SSSR count). The zero-order valence-electron chi connectivity index (χ0n) is 35.2.